The van der Waals surface area contributed by atoms with Gasteiger partial charge in [0.1, 0.15) is 11.2 Å². The molecule has 15 aromatic rings. The average Bonchev–Trinajstić information content (AvgIpc) is 4.28. The van der Waals surface area contributed by atoms with E-state index < -0.39 is 16.1 Å². The van der Waals surface area contributed by atoms with E-state index in [0.717, 1.165) is 33.3 Å². The molecule has 77 heavy (non-hydrogen) atoms. The lowest BCUT2D eigenvalue weighted by Crippen LogP contribution is -2.74. The van der Waals surface area contributed by atoms with E-state index in [4.69, 9.17) is 4.42 Å². The van der Waals surface area contributed by atoms with Crippen molar-refractivity contribution < 1.29 is 4.42 Å². The first-order chi connectivity index (χ1) is 38.2. The molecular formula is C72H50N2OSi2. The van der Waals surface area contributed by atoms with Gasteiger partial charge in [-0.3, -0.25) is 0 Å². The van der Waals surface area contributed by atoms with Crippen LogP contribution in [-0.4, -0.2) is 25.3 Å². The van der Waals surface area contributed by atoms with Gasteiger partial charge >= 0.3 is 0 Å². The van der Waals surface area contributed by atoms with Crippen LogP contribution in [0.1, 0.15) is 0 Å². The van der Waals surface area contributed by atoms with Crippen LogP contribution >= 0.6 is 0 Å². The summed E-state index contributed by atoms with van der Waals surface area (Å²) in [6.07, 6.45) is 0. The molecule has 3 nitrogen and oxygen atoms in total. The Hall–Kier alpha value is -9.53. The molecule has 0 saturated heterocycles. The van der Waals surface area contributed by atoms with Gasteiger partial charge in [-0.15, -0.1) is 0 Å². The molecule has 15 rings (SSSR count). The summed E-state index contributed by atoms with van der Waals surface area (Å²) in [5.41, 5.74) is 8.79. The fraction of sp³-hybridized carbons (Fsp3) is 0. The summed E-state index contributed by atoms with van der Waals surface area (Å²) in [6.45, 7) is 0. The van der Waals surface area contributed by atoms with Crippen LogP contribution in [0.2, 0.25) is 0 Å². The molecule has 12 aromatic carbocycles. The van der Waals surface area contributed by atoms with Gasteiger partial charge < -0.3 is 13.6 Å². The minimum Gasteiger partial charge on any atom is -0.456 e. The Morgan fingerprint density at radius 1 is 0.234 bits per heavy atom. The van der Waals surface area contributed by atoms with Crippen molar-refractivity contribution >= 4 is 123 Å². The first kappa shape index (κ1) is 44.9. The Balaban J connectivity index is 1.02. The van der Waals surface area contributed by atoms with Gasteiger partial charge in [0.2, 0.25) is 0 Å². The monoisotopic (exact) mass is 1010 g/mol. The molecule has 0 N–H and O–H groups in total. The predicted octanol–water partition coefficient (Wildman–Crippen LogP) is 12.5. The highest BCUT2D eigenvalue weighted by Crippen LogP contribution is 2.42. The van der Waals surface area contributed by atoms with Crippen LogP contribution in [-0.2, 0) is 0 Å². The Kier molecular flexibility index (Phi) is 10.6. The molecule has 0 fully saturated rings. The molecule has 0 radical (unpaired) electrons. The van der Waals surface area contributed by atoms with Crippen molar-refractivity contribution in [1.82, 2.24) is 9.13 Å². The summed E-state index contributed by atoms with van der Waals surface area (Å²) in [4.78, 5) is 0. The number of nitrogens with zero attached hydrogens (tertiary/aromatic N) is 2. The normalized spacial score (nSPS) is 12.2. The Bertz CT molecular complexity index is 4530. The SMILES string of the molecule is c1ccc(-n2c3cc([Si](c4ccccc4)(c4ccccc4)c4ccc5oc6ccccc6c5c4)ccc3c3ccc4c(c5ccccc5n4-c4cccc([Si](c5ccccc5)(c5ccccc5)c5ccccc5)c4)c32)cc1. The Labute approximate surface area is 448 Å². The number of benzene rings is 12. The molecule has 0 unspecified atom stereocenters. The molecule has 0 amide bonds. The van der Waals surface area contributed by atoms with Gasteiger partial charge in [-0.1, -0.05) is 249 Å². The molecule has 0 spiro atoms. The van der Waals surface area contributed by atoms with E-state index in [9.17, 15) is 0 Å². The van der Waals surface area contributed by atoms with Crippen molar-refractivity contribution in [2.24, 2.45) is 0 Å². The number of hydrogen-bond donors (Lipinski definition) is 0. The summed E-state index contributed by atoms with van der Waals surface area (Å²) < 4.78 is 11.6. The van der Waals surface area contributed by atoms with Gasteiger partial charge in [0.15, 0.2) is 16.1 Å². The predicted molar refractivity (Wildman–Crippen MR) is 330 cm³/mol. The number of rotatable bonds is 10. The van der Waals surface area contributed by atoms with Crippen LogP contribution in [0.25, 0.3) is 76.9 Å². The third kappa shape index (κ3) is 6.81. The summed E-state index contributed by atoms with van der Waals surface area (Å²) in [5.74, 6) is 0. The van der Waals surface area contributed by atoms with Crippen molar-refractivity contribution in [3.8, 4) is 11.4 Å². The lowest BCUT2D eigenvalue weighted by Gasteiger charge is -2.34. The number of fused-ring (bicyclic) bond motifs is 10. The summed E-state index contributed by atoms with van der Waals surface area (Å²) in [5, 5.41) is 17.8. The van der Waals surface area contributed by atoms with E-state index in [1.807, 2.05) is 0 Å². The van der Waals surface area contributed by atoms with Gasteiger partial charge in [0, 0.05) is 43.7 Å². The summed E-state index contributed by atoms with van der Waals surface area (Å²) >= 11 is 0. The molecule has 0 aliphatic rings. The highest BCUT2D eigenvalue weighted by Gasteiger charge is 2.43. The van der Waals surface area contributed by atoms with Crippen molar-refractivity contribution in [2.75, 3.05) is 0 Å². The van der Waals surface area contributed by atoms with Crippen molar-refractivity contribution in [3.05, 3.63) is 303 Å². The second kappa shape index (κ2) is 18.1. The maximum Gasteiger partial charge on any atom is 0.179 e. The minimum atomic E-state index is -3.06. The standard InChI is InChI=1S/C72H50N2OSi2/c1-7-24-51(25-8-1)74-68-50-60(77(56-33-15-5-16-34-56,57-35-17-6-18-36-57)59-43-47-70-65(49-59)62-38-20-22-41-69(62)75-70)42-44-61(68)63-45-46-67-71(72(63)74)64-39-19-21-40-66(64)73(67)52-26-23-37-58(48-52)76(53-27-9-2-10-28-53,54-29-11-3-12-30-54)55-31-13-4-14-32-55/h1-50H. The van der Waals surface area contributed by atoms with Crippen molar-refractivity contribution in [1.29, 1.82) is 0 Å². The number of hydrogen-bond acceptors (Lipinski definition) is 1. The third-order valence-electron chi connectivity index (χ3n) is 16.4. The van der Waals surface area contributed by atoms with Crippen LogP contribution in [0.5, 0.6) is 0 Å². The topological polar surface area (TPSA) is 23.0 Å². The van der Waals surface area contributed by atoms with E-state index in [2.05, 4.69) is 312 Å². The molecule has 362 valence electrons. The lowest BCUT2D eigenvalue weighted by molar-refractivity contribution is 0.669. The Morgan fingerprint density at radius 3 is 1.29 bits per heavy atom. The fourth-order valence-electron chi connectivity index (χ4n) is 13.2. The van der Waals surface area contributed by atoms with Crippen molar-refractivity contribution in [3.63, 3.8) is 0 Å². The quantitative estimate of drug-likeness (QED) is 0.0989. The fourth-order valence-corrected chi connectivity index (χ4v) is 22.7. The van der Waals surface area contributed by atoms with E-state index >= 15 is 0 Å². The maximum absolute atomic E-state index is 6.48. The molecule has 0 saturated carbocycles. The highest BCUT2D eigenvalue weighted by molar-refractivity contribution is 7.20. The molecule has 3 heterocycles. The minimum absolute atomic E-state index is 0.901. The highest BCUT2D eigenvalue weighted by atomic mass is 28.3. The van der Waals surface area contributed by atoms with E-state index in [0.29, 0.717) is 0 Å². The number of para-hydroxylation sites is 3. The summed E-state index contributed by atoms with van der Waals surface area (Å²) in [7, 11) is -5.89. The van der Waals surface area contributed by atoms with E-state index in [1.165, 1.54) is 85.1 Å². The Morgan fingerprint density at radius 2 is 0.675 bits per heavy atom. The third-order valence-corrected chi connectivity index (χ3v) is 25.9. The first-order valence-electron chi connectivity index (χ1n) is 26.6. The van der Waals surface area contributed by atoms with Gasteiger partial charge in [-0.2, -0.15) is 0 Å². The second-order valence-corrected chi connectivity index (χ2v) is 27.9. The van der Waals surface area contributed by atoms with E-state index in [-0.39, 0.29) is 0 Å². The van der Waals surface area contributed by atoms with Gasteiger partial charge in [-0.05, 0) is 96.1 Å². The molecule has 0 aliphatic heterocycles. The molecule has 0 atom stereocenters. The molecule has 0 bridgehead atoms. The van der Waals surface area contributed by atoms with Gasteiger partial charge in [0.05, 0.1) is 22.1 Å². The largest absolute Gasteiger partial charge is 0.456 e. The number of furan rings is 1. The molecule has 5 heteroatoms. The number of aromatic nitrogens is 2. The van der Waals surface area contributed by atoms with Crippen LogP contribution in [0.15, 0.2) is 308 Å². The van der Waals surface area contributed by atoms with Crippen LogP contribution < -0.4 is 41.5 Å². The zero-order valence-corrected chi connectivity index (χ0v) is 44.2. The van der Waals surface area contributed by atoms with Gasteiger partial charge in [0.25, 0.3) is 0 Å². The second-order valence-electron chi connectivity index (χ2n) is 20.3. The van der Waals surface area contributed by atoms with Crippen LogP contribution in [0.3, 0.4) is 0 Å². The van der Waals surface area contributed by atoms with Crippen LogP contribution in [0.4, 0.5) is 0 Å². The summed E-state index contributed by atoms with van der Waals surface area (Å²) in [6, 6.07) is 113. The van der Waals surface area contributed by atoms with E-state index in [1.54, 1.807) is 0 Å². The van der Waals surface area contributed by atoms with Crippen LogP contribution in [0, 0.1) is 0 Å². The average molecular weight is 1020 g/mol. The van der Waals surface area contributed by atoms with Gasteiger partial charge in [-0.25, -0.2) is 0 Å². The lowest BCUT2D eigenvalue weighted by atomic mass is 10.1. The molecule has 3 aromatic heterocycles. The maximum atomic E-state index is 6.48. The molecular weight excluding hydrogens is 965 g/mol. The first-order valence-corrected chi connectivity index (χ1v) is 30.6. The van der Waals surface area contributed by atoms with Crippen molar-refractivity contribution in [2.45, 2.75) is 0 Å². The molecule has 0 aliphatic carbocycles. The zero-order valence-electron chi connectivity index (χ0n) is 42.2. The zero-order chi connectivity index (χ0) is 50.9. The smallest absolute Gasteiger partial charge is 0.179 e.